The minimum atomic E-state index is -0.660. The number of carbonyl (C=O) groups is 2. The summed E-state index contributed by atoms with van der Waals surface area (Å²) in [6.45, 7) is 8.18. The Kier molecular flexibility index (Phi) is 9.71. The van der Waals surface area contributed by atoms with Crippen LogP contribution < -0.4 is 5.32 Å². The third-order valence-electron chi connectivity index (χ3n) is 5.65. The van der Waals surface area contributed by atoms with E-state index >= 15 is 0 Å². The van der Waals surface area contributed by atoms with Gasteiger partial charge in [-0.05, 0) is 56.5 Å². The molecule has 0 bridgehead atoms. The number of benzene rings is 3. The van der Waals surface area contributed by atoms with E-state index in [0.717, 1.165) is 22.3 Å². The second-order valence-electron chi connectivity index (χ2n) is 10.1. The Labute approximate surface area is 218 Å². The van der Waals surface area contributed by atoms with E-state index in [1.54, 1.807) is 17.0 Å². The van der Waals surface area contributed by atoms with E-state index in [2.05, 4.69) is 5.32 Å². The largest absolute Gasteiger partial charge is 0.350 e. The topological polar surface area (TPSA) is 49.4 Å². The fourth-order valence-electron chi connectivity index (χ4n) is 3.82. The molecule has 1 N–H and O–H groups in total. The number of nitrogens with zero attached hydrogens (tertiary/aromatic N) is 1. The van der Waals surface area contributed by atoms with Gasteiger partial charge in [0.25, 0.3) is 0 Å². The van der Waals surface area contributed by atoms with Crippen LogP contribution in [0.5, 0.6) is 0 Å². The highest BCUT2D eigenvalue weighted by Gasteiger charge is 2.32. The van der Waals surface area contributed by atoms with Gasteiger partial charge >= 0.3 is 0 Å². The van der Waals surface area contributed by atoms with Crippen molar-refractivity contribution in [2.45, 2.75) is 58.0 Å². The molecule has 0 radical (unpaired) electrons. The monoisotopic (exact) mass is 506 g/mol. The molecule has 3 aromatic carbocycles. The fraction of sp³-hybridized carbons (Fsp3) is 0.333. The Morgan fingerprint density at radius 2 is 1.50 bits per heavy atom. The SMILES string of the molecule is Cc1ccc(CN(C(=O)CSCc2ccc(F)cc2)[C@H](Cc2ccccc2)C(=O)NC(C)(C)C)cc1. The van der Waals surface area contributed by atoms with Crippen molar-refractivity contribution in [2.24, 2.45) is 0 Å². The molecule has 0 heterocycles. The van der Waals surface area contributed by atoms with Crippen LogP contribution in [0.25, 0.3) is 0 Å². The van der Waals surface area contributed by atoms with Crippen LogP contribution in [0.15, 0.2) is 78.9 Å². The summed E-state index contributed by atoms with van der Waals surface area (Å²) >= 11 is 1.46. The van der Waals surface area contributed by atoms with Crippen LogP contribution in [0, 0.1) is 12.7 Å². The van der Waals surface area contributed by atoms with E-state index in [-0.39, 0.29) is 23.4 Å². The first-order chi connectivity index (χ1) is 17.1. The van der Waals surface area contributed by atoms with E-state index in [1.165, 1.54) is 23.9 Å². The number of hydrogen-bond donors (Lipinski definition) is 1. The number of aryl methyl sites for hydroxylation is 1. The molecular formula is C30H35FN2O2S. The lowest BCUT2D eigenvalue weighted by atomic mass is 10.0. The highest BCUT2D eigenvalue weighted by molar-refractivity contribution is 7.99. The second kappa shape index (κ2) is 12.7. The van der Waals surface area contributed by atoms with Crippen LogP contribution in [0.2, 0.25) is 0 Å². The molecule has 2 amide bonds. The van der Waals surface area contributed by atoms with Gasteiger partial charge in [-0.3, -0.25) is 9.59 Å². The molecule has 36 heavy (non-hydrogen) atoms. The molecule has 0 aliphatic carbocycles. The van der Waals surface area contributed by atoms with Crippen LogP contribution >= 0.6 is 11.8 Å². The maximum atomic E-state index is 13.6. The van der Waals surface area contributed by atoms with E-state index in [9.17, 15) is 14.0 Å². The van der Waals surface area contributed by atoms with Gasteiger partial charge < -0.3 is 10.2 Å². The number of nitrogens with one attached hydrogen (secondary N) is 1. The highest BCUT2D eigenvalue weighted by Crippen LogP contribution is 2.19. The van der Waals surface area contributed by atoms with E-state index < -0.39 is 11.6 Å². The number of rotatable bonds is 10. The minimum Gasteiger partial charge on any atom is -0.350 e. The molecule has 3 aromatic rings. The Bertz CT molecular complexity index is 1130. The Balaban J connectivity index is 1.85. The molecule has 0 aliphatic heterocycles. The first-order valence-electron chi connectivity index (χ1n) is 12.1. The molecular weight excluding hydrogens is 471 g/mol. The molecule has 1 atom stereocenters. The van der Waals surface area contributed by atoms with Crippen molar-refractivity contribution < 1.29 is 14.0 Å². The zero-order chi connectivity index (χ0) is 26.1. The summed E-state index contributed by atoms with van der Waals surface area (Å²) in [4.78, 5) is 28.9. The molecule has 6 heteroatoms. The molecule has 0 spiro atoms. The normalized spacial score (nSPS) is 12.1. The second-order valence-corrected chi connectivity index (χ2v) is 11.1. The molecule has 3 rings (SSSR count). The minimum absolute atomic E-state index is 0.104. The van der Waals surface area contributed by atoms with Crippen molar-refractivity contribution in [1.82, 2.24) is 10.2 Å². The standard InChI is InChI=1S/C30H35FN2O2S/c1-22-10-12-24(13-11-22)19-33(28(34)21-36-20-25-14-16-26(31)17-15-25)27(29(35)32-30(2,3)4)18-23-8-6-5-7-9-23/h5-17,27H,18-21H2,1-4H3,(H,32,35)/t27-/m1/s1. The van der Waals surface area contributed by atoms with Crippen molar-refractivity contribution in [1.29, 1.82) is 0 Å². The van der Waals surface area contributed by atoms with Crippen molar-refractivity contribution in [3.05, 3.63) is 107 Å². The lowest BCUT2D eigenvalue weighted by molar-refractivity contribution is -0.140. The van der Waals surface area contributed by atoms with Crippen LogP contribution in [0.1, 0.15) is 43.0 Å². The highest BCUT2D eigenvalue weighted by atomic mass is 32.2. The summed E-state index contributed by atoms with van der Waals surface area (Å²) in [5.74, 6) is 0.250. The van der Waals surface area contributed by atoms with Gasteiger partial charge in [-0.1, -0.05) is 72.3 Å². The molecule has 0 saturated heterocycles. The quantitative estimate of drug-likeness (QED) is 0.371. The van der Waals surface area contributed by atoms with Crippen molar-refractivity contribution in [3.63, 3.8) is 0 Å². The summed E-state index contributed by atoms with van der Waals surface area (Å²) in [5.41, 5.74) is 3.62. The Morgan fingerprint density at radius 1 is 0.889 bits per heavy atom. The molecule has 0 fully saturated rings. The van der Waals surface area contributed by atoms with Gasteiger partial charge in [0.1, 0.15) is 11.9 Å². The van der Waals surface area contributed by atoms with Crippen LogP contribution in [-0.4, -0.2) is 34.0 Å². The number of halogens is 1. The average Bonchev–Trinajstić information content (AvgIpc) is 2.83. The molecule has 0 aromatic heterocycles. The molecule has 0 unspecified atom stereocenters. The lowest BCUT2D eigenvalue weighted by Gasteiger charge is -2.34. The van der Waals surface area contributed by atoms with Gasteiger partial charge in [0.2, 0.25) is 11.8 Å². The van der Waals surface area contributed by atoms with Crippen molar-refractivity contribution in [2.75, 3.05) is 5.75 Å². The molecule has 0 aliphatic rings. The van der Waals surface area contributed by atoms with Gasteiger partial charge in [0.15, 0.2) is 0 Å². The van der Waals surface area contributed by atoms with Gasteiger partial charge in [0, 0.05) is 24.3 Å². The fourth-order valence-corrected chi connectivity index (χ4v) is 4.69. The third-order valence-corrected chi connectivity index (χ3v) is 6.64. The van der Waals surface area contributed by atoms with Crippen LogP contribution in [0.4, 0.5) is 4.39 Å². The van der Waals surface area contributed by atoms with Crippen molar-refractivity contribution in [3.8, 4) is 0 Å². The summed E-state index contributed by atoms with van der Waals surface area (Å²) in [7, 11) is 0. The maximum absolute atomic E-state index is 13.6. The van der Waals surface area contributed by atoms with Gasteiger partial charge in [-0.2, -0.15) is 0 Å². The predicted octanol–water partition coefficient (Wildman–Crippen LogP) is 5.92. The molecule has 190 valence electrons. The first kappa shape index (κ1) is 27.5. The summed E-state index contributed by atoms with van der Waals surface area (Å²) in [5, 5.41) is 3.08. The van der Waals surface area contributed by atoms with Crippen LogP contribution in [0.3, 0.4) is 0 Å². The Morgan fingerprint density at radius 3 is 2.11 bits per heavy atom. The summed E-state index contributed by atoms with van der Waals surface area (Å²) < 4.78 is 13.2. The zero-order valence-electron chi connectivity index (χ0n) is 21.5. The third kappa shape index (κ3) is 8.83. The van der Waals surface area contributed by atoms with Gasteiger partial charge in [0.05, 0.1) is 5.75 Å². The smallest absolute Gasteiger partial charge is 0.243 e. The Hall–Kier alpha value is -3.12. The molecule has 4 nitrogen and oxygen atoms in total. The van der Waals surface area contributed by atoms with E-state index in [0.29, 0.717) is 18.7 Å². The first-order valence-corrected chi connectivity index (χ1v) is 13.3. The van der Waals surface area contributed by atoms with E-state index in [1.807, 2.05) is 82.3 Å². The summed E-state index contributed by atoms with van der Waals surface area (Å²) in [6, 6.07) is 23.5. The van der Waals surface area contributed by atoms with E-state index in [4.69, 9.17) is 0 Å². The van der Waals surface area contributed by atoms with Crippen molar-refractivity contribution >= 4 is 23.6 Å². The number of hydrogen-bond acceptors (Lipinski definition) is 3. The number of thioether (sulfide) groups is 1. The maximum Gasteiger partial charge on any atom is 0.243 e. The zero-order valence-corrected chi connectivity index (χ0v) is 22.3. The van der Waals surface area contributed by atoms with Gasteiger partial charge in [-0.25, -0.2) is 4.39 Å². The predicted molar refractivity (Wildman–Crippen MR) is 146 cm³/mol. The summed E-state index contributed by atoms with van der Waals surface area (Å²) in [6.07, 6.45) is 0.420. The van der Waals surface area contributed by atoms with Gasteiger partial charge in [-0.15, -0.1) is 11.8 Å². The average molecular weight is 507 g/mol. The van der Waals surface area contributed by atoms with Crippen LogP contribution in [-0.2, 0) is 28.3 Å². The molecule has 0 saturated carbocycles. The number of amides is 2. The lowest BCUT2D eigenvalue weighted by Crippen LogP contribution is -2.54. The number of carbonyl (C=O) groups excluding carboxylic acids is 2.